The van der Waals surface area contributed by atoms with Crippen molar-refractivity contribution in [2.24, 2.45) is 11.8 Å². The van der Waals surface area contributed by atoms with Gasteiger partial charge in [-0.05, 0) is 48.2 Å². The first kappa shape index (κ1) is 18.8. The van der Waals surface area contributed by atoms with Crippen molar-refractivity contribution in [2.45, 2.75) is 37.0 Å². The van der Waals surface area contributed by atoms with Crippen LogP contribution in [0, 0.1) is 23.5 Å². The molecule has 4 unspecified atom stereocenters. The van der Waals surface area contributed by atoms with E-state index < -0.39 is 5.66 Å². The Morgan fingerprint density at radius 2 is 1.10 bits per heavy atom. The van der Waals surface area contributed by atoms with E-state index in [1.165, 1.54) is 24.3 Å². The minimum Gasteiger partial charge on any atom is -0.331 e. The molecule has 4 N–H and O–H groups in total. The van der Waals surface area contributed by atoms with E-state index in [0.29, 0.717) is 0 Å². The van der Waals surface area contributed by atoms with Gasteiger partial charge in [0.25, 0.3) is 0 Å². The number of nitrogens with one attached hydrogen (secondary N) is 4. The number of carbonyl (C=O) groups is 2. The number of amides is 4. The van der Waals surface area contributed by atoms with Crippen molar-refractivity contribution in [1.29, 1.82) is 0 Å². The minimum atomic E-state index is -0.957. The highest BCUT2D eigenvalue weighted by Gasteiger charge is 2.60. The van der Waals surface area contributed by atoms with Crippen molar-refractivity contribution in [3.8, 4) is 0 Å². The standard InChI is InChI=1S/C22H22F2N4O2/c23-14-8-4-12(5-9-14)18-16-2-1-3-17-19(13-6-10-15(24)11-7-13)26-21(30)28-22(16,17)27-20(29)25-18/h4-11,16-19H,1-3H2,(H2,25,27,29)(H2,26,28,30). The molecule has 8 heteroatoms. The Hall–Kier alpha value is -3.16. The summed E-state index contributed by atoms with van der Waals surface area (Å²) >= 11 is 0. The Bertz CT molecular complexity index is 900. The fourth-order valence-corrected chi connectivity index (χ4v) is 5.45. The summed E-state index contributed by atoms with van der Waals surface area (Å²) in [5, 5.41) is 12.0. The van der Waals surface area contributed by atoms with E-state index >= 15 is 0 Å². The zero-order chi connectivity index (χ0) is 20.9. The third-order valence-corrected chi connectivity index (χ3v) is 6.68. The van der Waals surface area contributed by atoms with Crippen LogP contribution in [0.25, 0.3) is 0 Å². The fraction of sp³-hybridized carbons (Fsp3) is 0.364. The maximum Gasteiger partial charge on any atom is 0.317 e. The van der Waals surface area contributed by atoms with E-state index in [2.05, 4.69) is 21.3 Å². The van der Waals surface area contributed by atoms with E-state index in [1.807, 2.05) is 0 Å². The van der Waals surface area contributed by atoms with Crippen LogP contribution >= 0.6 is 0 Å². The first-order valence-electron chi connectivity index (χ1n) is 10.1. The summed E-state index contributed by atoms with van der Waals surface area (Å²) in [4.78, 5) is 25.4. The van der Waals surface area contributed by atoms with Gasteiger partial charge in [0.05, 0.1) is 12.1 Å². The lowest BCUT2D eigenvalue weighted by Gasteiger charge is -2.59. The predicted molar refractivity (Wildman–Crippen MR) is 105 cm³/mol. The van der Waals surface area contributed by atoms with Crippen molar-refractivity contribution >= 4 is 12.1 Å². The van der Waals surface area contributed by atoms with Crippen LogP contribution in [0.1, 0.15) is 42.5 Å². The van der Waals surface area contributed by atoms with Crippen molar-refractivity contribution < 1.29 is 18.4 Å². The lowest BCUT2D eigenvalue weighted by Crippen LogP contribution is -2.80. The van der Waals surface area contributed by atoms with E-state index in [4.69, 9.17) is 0 Å². The summed E-state index contributed by atoms with van der Waals surface area (Å²) in [5.41, 5.74) is 0.630. The smallest absolute Gasteiger partial charge is 0.317 e. The Kier molecular flexibility index (Phi) is 4.38. The van der Waals surface area contributed by atoms with E-state index in [-0.39, 0.29) is 47.6 Å². The molecule has 2 saturated heterocycles. The van der Waals surface area contributed by atoms with Crippen LogP contribution in [0.15, 0.2) is 48.5 Å². The monoisotopic (exact) mass is 412 g/mol. The molecule has 2 heterocycles. The normalized spacial score (nSPS) is 32.6. The number of urea groups is 2. The molecule has 2 aliphatic heterocycles. The Labute approximate surface area is 172 Å². The van der Waals surface area contributed by atoms with Crippen LogP contribution in [0.2, 0.25) is 0 Å². The molecule has 0 aromatic heterocycles. The molecule has 30 heavy (non-hydrogen) atoms. The number of hydrogen-bond donors (Lipinski definition) is 4. The van der Waals surface area contributed by atoms with Crippen LogP contribution in [0.3, 0.4) is 0 Å². The van der Waals surface area contributed by atoms with Gasteiger partial charge >= 0.3 is 12.1 Å². The summed E-state index contributed by atoms with van der Waals surface area (Å²) < 4.78 is 26.9. The minimum absolute atomic E-state index is 0.131. The quantitative estimate of drug-likeness (QED) is 0.609. The third kappa shape index (κ3) is 2.98. The molecule has 0 bridgehead atoms. The van der Waals surface area contributed by atoms with Gasteiger partial charge in [-0.1, -0.05) is 30.7 Å². The molecule has 2 aromatic carbocycles. The number of benzene rings is 2. The van der Waals surface area contributed by atoms with Crippen molar-refractivity contribution in [2.75, 3.05) is 0 Å². The molecule has 6 nitrogen and oxygen atoms in total. The van der Waals surface area contributed by atoms with Crippen molar-refractivity contribution in [3.63, 3.8) is 0 Å². The third-order valence-electron chi connectivity index (χ3n) is 6.68. The van der Waals surface area contributed by atoms with Crippen molar-refractivity contribution in [3.05, 3.63) is 71.3 Å². The first-order valence-corrected chi connectivity index (χ1v) is 10.1. The highest BCUT2D eigenvalue weighted by Crippen LogP contribution is 2.50. The predicted octanol–water partition coefficient (Wildman–Crippen LogP) is 3.49. The average molecular weight is 412 g/mol. The maximum absolute atomic E-state index is 13.5. The highest BCUT2D eigenvalue weighted by molar-refractivity contribution is 5.81. The van der Waals surface area contributed by atoms with E-state index in [9.17, 15) is 18.4 Å². The summed E-state index contributed by atoms with van der Waals surface area (Å²) in [6, 6.07) is 10.7. The van der Waals surface area contributed by atoms with Crippen LogP contribution in [-0.2, 0) is 0 Å². The summed E-state index contributed by atoms with van der Waals surface area (Å²) in [7, 11) is 0. The maximum atomic E-state index is 13.5. The lowest BCUT2D eigenvalue weighted by atomic mass is 9.62. The molecule has 4 atom stereocenters. The fourth-order valence-electron chi connectivity index (χ4n) is 5.45. The molecule has 4 amide bonds. The largest absolute Gasteiger partial charge is 0.331 e. The molecule has 3 aliphatic rings. The molecule has 1 saturated carbocycles. The topological polar surface area (TPSA) is 82.3 Å². The SMILES string of the molecule is O=C1NC(c2ccc(F)cc2)C2CCCC3C(c4ccc(F)cc4)NC(=O)NC23N1. The number of halogens is 2. The second-order valence-electron chi connectivity index (χ2n) is 8.27. The Morgan fingerprint density at radius 1 is 0.700 bits per heavy atom. The van der Waals surface area contributed by atoms with Gasteiger partial charge in [-0.2, -0.15) is 0 Å². The highest BCUT2D eigenvalue weighted by atomic mass is 19.1. The molecular weight excluding hydrogens is 390 g/mol. The van der Waals surface area contributed by atoms with Gasteiger partial charge in [0.1, 0.15) is 17.3 Å². The number of carbonyl (C=O) groups excluding carboxylic acids is 2. The molecule has 5 rings (SSSR count). The molecule has 2 aromatic rings. The molecule has 1 spiro atoms. The second kappa shape index (κ2) is 6.97. The lowest BCUT2D eigenvalue weighted by molar-refractivity contribution is -0.0123. The summed E-state index contributed by atoms with van der Waals surface area (Å²) in [5.74, 6) is -0.953. The van der Waals surface area contributed by atoms with E-state index in [0.717, 1.165) is 30.4 Å². The van der Waals surface area contributed by atoms with Crippen LogP contribution in [-0.4, -0.2) is 17.7 Å². The molecule has 1 aliphatic carbocycles. The zero-order valence-electron chi connectivity index (χ0n) is 16.1. The van der Waals surface area contributed by atoms with Crippen molar-refractivity contribution in [1.82, 2.24) is 21.3 Å². The Balaban J connectivity index is 1.57. The molecule has 156 valence electrons. The molecule has 3 fully saturated rings. The number of hydrogen-bond acceptors (Lipinski definition) is 2. The number of rotatable bonds is 2. The first-order chi connectivity index (χ1) is 14.5. The van der Waals surface area contributed by atoms with Crippen LogP contribution < -0.4 is 21.3 Å². The zero-order valence-corrected chi connectivity index (χ0v) is 16.1. The van der Waals surface area contributed by atoms with E-state index in [1.54, 1.807) is 24.3 Å². The Morgan fingerprint density at radius 3 is 1.50 bits per heavy atom. The molecule has 0 radical (unpaired) electrons. The average Bonchev–Trinajstić information content (AvgIpc) is 2.72. The van der Waals surface area contributed by atoms with Gasteiger partial charge in [0.2, 0.25) is 0 Å². The van der Waals surface area contributed by atoms with Gasteiger partial charge in [0, 0.05) is 11.8 Å². The van der Waals surface area contributed by atoms with Gasteiger partial charge in [-0.15, -0.1) is 0 Å². The van der Waals surface area contributed by atoms with Gasteiger partial charge in [-0.3, -0.25) is 0 Å². The van der Waals surface area contributed by atoms with Gasteiger partial charge in [0.15, 0.2) is 0 Å². The van der Waals surface area contributed by atoms with Gasteiger partial charge < -0.3 is 21.3 Å². The van der Waals surface area contributed by atoms with Gasteiger partial charge in [-0.25, -0.2) is 18.4 Å². The molecular formula is C22H22F2N4O2. The van der Waals surface area contributed by atoms with Crippen LogP contribution in [0.4, 0.5) is 18.4 Å². The summed E-state index contributed by atoms with van der Waals surface area (Å²) in [6.07, 6.45) is 2.46. The second-order valence-corrected chi connectivity index (χ2v) is 8.27. The van der Waals surface area contributed by atoms with Crippen LogP contribution in [0.5, 0.6) is 0 Å². The summed E-state index contributed by atoms with van der Waals surface area (Å²) in [6.45, 7) is 0.